The van der Waals surface area contributed by atoms with Crippen LogP contribution in [-0.4, -0.2) is 29.9 Å². The number of hydrogen-bond acceptors (Lipinski definition) is 5. The molecule has 0 spiro atoms. The summed E-state index contributed by atoms with van der Waals surface area (Å²) in [5.41, 5.74) is 3.36. The van der Waals surface area contributed by atoms with Crippen molar-refractivity contribution < 1.29 is 9.59 Å². The lowest BCUT2D eigenvalue weighted by Gasteiger charge is -2.16. The predicted molar refractivity (Wildman–Crippen MR) is 108 cm³/mol. The van der Waals surface area contributed by atoms with Crippen molar-refractivity contribution in [1.29, 1.82) is 0 Å². The molecule has 0 unspecified atom stereocenters. The smallest absolute Gasteiger partial charge is 0.282 e. The number of thiazole rings is 1. The van der Waals surface area contributed by atoms with Gasteiger partial charge in [0.1, 0.15) is 5.57 Å². The number of amides is 2. The summed E-state index contributed by atoms with van der Waals surface area (Å²) in [6, 6.07) is 7.37. The summed E-state index contributed by atoms with van der Waals surface area (Å²) in [4.78, 5) is 32.1. The number of halogens is 1. The van der Waals surface area contributed by atoms with Crippen LogP contribution in [0.2, 0.25) is 0 Å². The number of rotatable bonds is 5. The Kier molecular flexibility index (Phi) is 5.38. The van der Waals surface area contributed by atoms with Crippen molar-refractivity contribution in [3.8, 4) is 0 Å². The SMILES string of the molecule is CCN(CC)c1ncc(/C=C2/C(=O)NN(c3ccc(I)cc3)C2=O)s1. The molecule has 25 heavy (non-hydrogen) atoms. The molecule has 0 aliphatic carbocycles. The van der Waals surface area contributed by atoms with Crippen LogP contribution in [0.15, 0.2) is 36.0 Å². The van der Waals surface area contributed by atoms with Crippen LogP contribution in [0.1, 0.15) is 18.7 Å². The van der Waals surface area contributed by atoms with Gasteiger partial charge in [-0.15, -0.1) is 0 Å². The lowest BCUT2D eigenvalue weighted by atomic mass is 10.2. The van der Waals surface area contributed by atoms with Gasteiger partial charge in [-0.1, -0.05) is 11.3 Å². The number of carbonyl (C=O) groups is 2. The lowest BCUT2D eigenvalue weighted by Crippen LogP contribution is -2.35. The van der Waals surface area contributed by atoms with Crippen LogP contribution in [0.25, 0.3) is 6.08 Å². The molecule has 130 valence electrons. The molecule has 1 aromatic carbocycles. The Morgan fingerprint density at radius 1 is 1.24 bits per heavy atom. The van der Waals surface area contributed by atoms with E-state index in [2.05, 4.69) is 51.7 Å². The van der Waals surface area contributed by atoms with E-state index in [0.717, 1.165) is 26.7 Å². The first-order valence-electron chi connectivity index (χ1n) is 7.87. The number of nitrogens with one attached hydrogen (secondary N) is 1. The third kappa shape index (κ3) is 3.69. The van der Waals surface area contributed by atoms with Gasteiger partial charge in [-0.3, -0.25) is 15.0 Å². The first-order valence-corrected chi connectivity index (χ1v) is 9.76. The van der Waals surface area contributed by atoms with Gasteiger partial charge in [0.25, 0.3) is 11.8 Å². The predicted octanol–water partition coefficient (Wildman–Crippen LogP) is 3.06. The lowest BCUT2D eigenvalue weighted by molar-refractivity contribution is -0.117. The maximum absolute atomic E-state index is 12.6. The van der Waals surface area contributed by atoms with Gasteiger partial charge in [0.05, 0.1) is 10.6 Å². The van der Waals surface area contributed by atoms with E-state index in [1.54, 1.807) is 24.4 Å². The molecule has 2 heterocycles. The van der Waals surface area contributed by atoms with Crippen LogP contribution in [0.3, 0.4) is 0 Å². The molecule has 0 radical (unpaired) electrons. The standard InChI is InChI=1S/C17H17IN4O2S/c1-3-21(4-2)17-19-10-13(25-17)9-14-15(23)20-22(16(14)24)12-7-5-11(18)6-8-12/h5-10H,3-4H2,1-2H3,(H,20,23)/b14-9-. The molecule has 0 bridgehead atoms. The number of carbonyl (C=O) groups excluding carboxylic acids is 2. The molecule has 2 aromatic rings. The molecule has 0 atom stereocenters. The third-order valence-corrected chi connectivity index (χ3v) is 5.53. The van der Waals surface area contributed by atoms with E-state index in [4.69, 9.17) is 0 Å². The van der Waals surface area contributed by atoms with Gasteiger partial charge in [0.2, 0.25) is 0 Å². The maximum atomic E-state index is 12.6. The van der Waals surface area contributed by atoms with Crippen molar-refractivity contribution in [3.05, 3.63) is 44.5 Å². The van der Waals surface area contributed by atoms with E-state index in [1.165, 1.54) is 16.3 Å². The summed E-state index contributed by atoms with van der Waals surface area (Å²) < 4.78 is 1.06. The zero-order valence-electron chi connectivity index (χ0n) is 13.8. The van der Waals surface area contributed by atoms with Gasteiger partial charge in [-0.25, -0.2) is 9.99 Å². The van der Waals surface area contributed by atoms with Crippen LogP contribution in [0, 0.1) is 3.57 Å². The van der Waals surface area contributed by atoms with Gasteiger partial charge < -0.3 is 4.90 Å². The Labute approximate surface area is 163 Å². The van der Waals surface area contributed by atoms with E-state index in [0.29, 0.717) is 5.69 Å². The molecule has 1 aliphatic rings. The fourth-order valence-electron chi connectivity index (χ4n) is 2.46. The highest BCUT2D eigenvalue weighted by atomic mass is 127. The third-order valence-electron chi connectivity index (χ3n) is 3.81. The topological polar surface area (TPSA) is 65.5 Å². The largest absolute Gasteiger partial charge is 0.349 e. The zero-order chi connectivity index (χ0) is 18.0. The normalized spacial score (nSPS) is 15.8. The van der Waals surface area contributed by atoms with Crippen molar-refractivity contribution in [2.75, 3.05) is 23.0 Å². The van der Waals surface area contributed by atoms with Gasteiger partial charge in [-0.05, 0) is 66.8 Å². The fraction of sp³-hybridized carbons (Fsp3) is 0.235. The quantitative estimate of drug-likeness (QED) is 0.416. The summed E-state index contributed by atoms with van der Waals surface area (Å²) in [6.07, 6.45) is 3.30. The van der Waals surface area contributed by atoms with E-state index in [1.807, 2.05) is 12.1 Å². The number of benzene rings is 1. The first-order chi connectivity index (χ1) is 12.0. The molecular weight excluding hydrogens is 451 g/mol. The molecule has 1 N–H and O–H groups in total. The monoisotopic (exact) mass is 468 g/mol. The Hall–Kier alpha value is -1.94. The van der Waals surface area contributed by atoms with Crippen LogP contribution < -0.4 is 15.3 Å². The molecule has 3 rings (SSSR count). The number of nitrogens with zero attached hydrogens (tertiary/aromatic N) is 3. The van der Waals surface area contributed by atoms with E-state index in [9.17, 15) is 9.59 Å². The van der Waals surface area contributed by atoms with Crippen molar-refractivity contribution in [2.24, 2.45) is 0 Å². The minimum Gasteiger partial charge on any atom is -0.349 e. The maximum Gasteiger partial charge on any atom is 0.282 e. The highest BCUT2D eigenvalue weighted by molar-refractivity contribution is 14.1. The van der Waals surface area contributed by atoms with Crippen LogP contribution in [-0.2, 0) is 9.59 Å². The van der Waals surface area contributed by atoms with Crippen molar-refractivity contribution >= 4 is 62.6 Å². The first kappa shape index (κ1) is 17.9. The summed E-state index contributed by atoms with van der Waals surface area (Å²) in [7, 11) is 0. The zero-order valence-corrected chi connectivity index (χ0v) is 16.8. The molecule has 8 heteroatoms. The molecule has 6 nitrogen and oxygen atoms in total. The van der Waals surface area contributed by atoms with Crippen LogP contribution in [0.4, 0.5) is 10.8 Å². The molecule has 0 saturated carbocycles. The minimum atomic E-state index is -0.402. The summed E-state index contributed by atoms with van der Waals surface area (Å²) >= 11 is 3.66. The van der Waals surface area contributed by atoms with Gasteiger partial charge >= 0.3 is 0 Å². The van der Waals surface area contributed by atoms with Crippen molar-refractivity contribution in [1.82, 2.24) is 10.4 Å². The van der Waals surface area contributed by atoms with Crippen LogP contribution >= 0.6 is 33.9 Å². The minimum absolute atomic E-state index is 0.119. The van der Waals surface area contributed by atoms with Crippen LogP contribution in [0.5, 0.6) is 0 Å². The van der Waals surface area contributed by atoms with Crippen molar-refractivity contribution in [2.45, 2.75) is 13.8 Å². The average molecular weight is 468 g/mol. The average Bonchev–Trinajstić information content (AvgIpc) is 3.17. The molecule has 1 aliphatic heterocycles. The summed E-state index contributed by atoms with van der Waals surface area (Å²) in [5.74, 6) is -0.759. The van der Waals surface area contributed by atoms with Crippen molar-refractivity contribution in [3.63, 3.8) is 0 Å². The molecule has 1 aromatic heterocycles. The van der Waals surface area contributed by atoms with Gasteiger partial charge in [0, 0.05) is 22.9 Å². The summed E-state index contributed by atoms with van der Waals surface area (Å²) in [6.45, 7) is 5.85. The molecule has 2 amide bonds. The Morgan fingerprint density at radius 3 is 2.56 bits per heavy atom. The second-order valence-corrected chi connectivity index (χ2v) is 7.62. The van der Waals surface area contributed by atoms with E-state index < -0.39 is 5.91 Å². The number of hydrogen-bond donors (Lipinski definition) is 1. The highest BCUT2D eigenvalue weighted by Gasteiger charge is 2.34. The second-order valence-electron chi connectivity index (χ2n) is 5.33. The summed E-state index contributed by atoms with van der Waals surface area (Å²) in [5, 5.41) is 2.16. The number of anilines is 2. The number of aromatic nitrogens is 1. The van der Waals surface area contributed by atoms with E-state index in [-0.39, 0.29) is 11.5 Å². The highest BCUT2D eigenvalue weighted by Crippen LogP contribution is 2.27. The fourth-order valence-corrected chi connectivity index (χ4v) is 3.80. The van der Waals surface area contributed by atoms with Gasteiger partial charge in [0.15, 0.2) is 5.13 Å². The molecule has 1 fully saturated rings. The number of hydrazine groups is 1. The molecule has 1 saturated heterocycles. The van der Waals surface area contributed by atoms with Gasteiger partial charge in [-0.2, -0.15) is 0 Å². The second kappa shape index (κ2) is 7.52. The molecular formula is C17H17IN4O2S. The Bertz CT molecular complexity index is 827. The van der Waals surface area contributed by atoms with E-state index >= 15 is 0 Å². The Morgan fingerprint density at radius 2 is 1.92 bits per heavy atom. The Balaban J connectivity index is 1.85.